The van der Waals surface area contributed by atoms with Crippen LogP contribution in [0.15, 0.2) is 24.3 Å². The predicted molar refractivity (Wildman–Crippen MR) is 115 cm³/mol. The van der Waals surface area contributed by atoms with Crippen molar-refractivity contribution in [3.05, 3.63) is 24.3 Å². The smallest absolute Gasteiger partial charge is 0.326 e. The zero-order chi connectivity index (χ0) is 23.2. The van der Waals surface area contributed by atoms with Crippen LogP contribution in [0.4, 0.5) is 11.4 Å². The third-order valence-corrected chi connectivity index (χ3v) is 4.67. The fraction of sp³-hybridized carbons (Fsp3) is 0.545. The Bertz CT molecular complexity index is 707. The lowest BCUT2D eigenvalue weighted by Crippen LogP contribution is -2.46. The summed E-state index contributed by atoms with van der Waals surface area (Å²) in [5.41, 5.74) is 0.747. The molecule has 1 aromatic carbocycles. The first kappa shape index (κ1) is 25.1. The van der Waals surface area contributed by atoms with Gasteiger partial charge in [0.1, 0.15) is 12.1 Å². The van der Waals surface area contributed by atoms with Gasteiger partial charge < -0.3 is 10.2 Å². The van der Waals surface area contributed by atoms with Crippen molar-refractivity contribution < 1.29 is 29.4 Å². The molecule has 166 valence electrons. The highest BCUT2D eigenvalue weighted by Gasteiger charge is 2.32. The fourth-order valence-corrected chi connectivity index (χ4v) is 3.46. The lowest BCUT2D eigenvalue weighted by Gasteiger charge is -2.31. The number of amides is 2. The van der Waals surface area contributed by atoms with E-state index in [0.717, 1.165) is 0 Å². The van der Waals surface area contributed by atoms with E-state index in [1.165, 1.54) is 47.9 Å². The Labute approximate surface area is 177 Å². The van der Waals surface area contributed by atoms with Gasteiger partial charge in [0.05, 0.1) is 0 Å². The molecule has 0 aromatic heterocycles. The van der Waals surface area contributed by atoms with Gasteiger partial charge >= 0.3 is 11.9 Å². The Morgan fingerprint density at radius 1 is 0.700 bits per heavy atom. The van der Waals surface area contributed by atoms with Crippen LogP contribution in [0.5, 0.6) is 0 Å². The van der Waals surface area contributed by atoms with Crippen LogP contribution in [0.1, 0.15) is 54.4 Å². The van der Waals surface area contributed by atoms with Gasteiger partial charge in [-0.05, 0) is 48.9 Å². The first-order valence-electron chi connectivity index (χ1n) is 10.0. The summed E-state index contributed by atoms with van der Waals surface area (Å²) in [5, 5.41) is 19.2. The third-order valence-electron chi connectivity index (χ3n) is 4.67. The highest BCUT2D eigenvalue weighted by Crippen LogP contribution is 2.27. The minimum Gasteiger partial charge on any atom is -0.480 e. The molecule has 0 bridgehead atoms. The SMILES string of the molecule is CC(=O)N(c1ccc(N(C(C)=O)[C@@H](CC(C)C)C(=O)O)cc1)[C@@H](CC(C)C)C(=O)O. The second-order valence-corrected chi connectivity index (χ2v) is 8.26. The zero-order valence-electron chi connectivity index (χ0n) is 18.5. The van der Waals surface area contributed by atoms with Crippen LogP contribution in [-0.4, -0.2) is 46.0 Å². The molecule has 8 heteroatoms. The summed E-state index contributed by atoms with van der Waals surface area (Å²) in [6.07, 6.45) is 0.567. The lowest BCUT2D eigenvalue weighted by molar-refractivity contribution is -0.141. The Kier molecular flexibility index (Phi) is 9.01. The van der Waals surface area contributed by atoms with E-state index < -0.39 is 35.8 Å². The second kappa shape index (κ2) is 10.8. The van der Waals surface area contributed by atoms with Gasteiger partial charge in [-0.15, -0.1) is 0 Å². The molecule has 1 rings (SSSR count). The Hall–Kier alpha value is -2.90. The minimum atomic E-state index is -1.10. The maximum atomic E-state index is 12.2. The molecule has 0 fully saturated rings. The Morgan fingerprint density at radius 3 is 1.13 bits per heavy atom. The maximum absolute atomic E-state index is 12.2. The van der Waals surface area contributed by atoms with Crippen molar-refractivity contribution in [1.29, 1.82) is 0 Å². The first-order chi connectivity index (χ1) is 13.9. The average molecular weight is 421 g/mol. The number of carbonyl (C=O) groups excluding carboxylic acids is 2. The molecular formula is C22H32N2O6. The molecule has 1 aromatic rings. The third kappa shape index (κ3) is 6.57. The van der Waals surface area contributed by atoms with E-state index in [4.69, 9.17) is 0 Å². The summed E-state index contributed by atoms with van der Waals surface area (Å²) in [7, 11) is 0. The number of anilines is 2. The van der Waals surface area contributed by atoms with Gasteiger partial charge in [-0.25, -0.2) is 9.59 Å². The van der Waals surface area contributed by atoms with Crippen LogP contribution < -0.4 is 9.80 Å². The molecule has 2 atom stereocenters. The molecule has 0 saturated heterocycles. The number of nitrogens with zero attached hydrogens (tertiary/aromatic N) is 2. The monoisotopic (exact) mass is 420 g/mol. The first-order valence-corrected chi connectivity index (χ1v) is 10.0. The quantitative estimate of drug-likeness (QED) is 0.599. The number of hydrogen-bond donors (Lipinski definition) is 2. The summed E-state index contributed by atoms with van der Waals surface area (Å²) >= 11 is 0. The number of carboxylic acid groups (broad SMARTS) is 2. The molecule has 30 heavy (non-hydrogen) atoms. The molecule has 0 aliphatic rings. The van der Waals surface area contributed by atoms with Crippen molar-refractivity contribution in [3.63, 3.8) is 0 Å². The van der Waals surface area contributed by atoms with Gasteiger partial charge in [0.2, 0.25) is 11.8 Å². The van der Waals surface area contributed by atoms with Crippen LogP contribution in [0.2, 0.25) is 0 Å². The summed E-state index contributed by atoms with van der Waals surface area (Å²) < 4.78 is 0. The maximum Gasteiger partial charge on any atom is 0.326 e. The van der Waals surface area contributed by atoms with Crippen LogP contribution >= 0.6 is 0 Å². The van der Waals surface area contributed by atoms with Gasteiger partial charge in [-0.2, -0.15) is 0 Å². The van der Waals surface area contributed by atoms with Crippen molar-refractivity contribution in [3.8, 4) is 0 Å². The van der Waals surface area contributed by atoms with Gasteiger partial charge in [0.15, 0.2) is 0 Å². The number of carbonyl (C=O) groups is 4. The van der Waals surface area contributed by atoms with Crippen LogP contribution in [0, 0.1) is 11.8 Å². The molecule has 2 N–H and O–H groups in total. The summed E-state index contributed by atoms with van der Waals surface area (Å²) in [5.74, 6) is -2.90. The molecule has 0 spiro atoms. The molecule has 0 saturated carbocycles. The summed E-state index contributed by atoms with van der Waals surface area (Å²) in [6, 6.07) is 4.11. The predicted octanol–water partition coefficient (Wildman–Crippen LogP) is 3.39. The van der Waals surface area contributed by atoms with Gasteiger partial charge in [0, 0.05) is 25.2 Å². The van der Waals surface area contributed by atoms with Gasteiger partial charge in [-0.1, -0.05) is 27.7 Å². The van der Waals surface area contributed by atoms with Crippen molar-refractivity contribution in [2.24, 2.45) is 11.8 Å². The molecule has 0 unspecified atom stereocenters. The molecular weight excluding hydrogens is 388 g/mol. The molecule has 0 aliphatic heterocycles. The van der Waals surface area contributed by atoms with E-state index in [-0.39, 0.29) is 24.7 Å². The fourth-order valence-electron chi connectivity index (χ4n) is 3.46. The molecule has 8 nitrogen and oxygen atoms in total. The highest BCUT2D eigenvalue weighted by molar-refractivity contribution is 6.00. The van der Waals surface area contributed by atoms with Crippen molar-refractivity contribution >= 4 is 35.1 Å². The van der Waals surface area contributed by atoms with Crippen molar-refractivity contribution in [1.82, 2.24) is 0 Å². The Morgan fingerprint density at radius 2 is 0.967 bits per heavy atom. The van der Waals surface area contributed by atoms with E-state index >= 15 is 0 Å². The van der Waals surface area contributed by atoms with E-state index in [1.54, 1.807) is 0 Å². The average Bonchev–Trinajstić information content (AvgIpc) is 2.60. The molecule has 2 amide bonds. The molecule has 0 aliphatic carbocycles. The van der Waals surface area contributed by atoms with Crippen LogP contribution in [-0.2, 0) is 19.2 Å². The van der Waals surface area contributed by atoms with Crippen molar-refractivity contribution in [2.75, 3.05) is 9.80 Å². The highest BCUT2D eigenvalue weighted by atomic mass is 16.4. The van der Waals surface area contributed by atoms with E-state index in [1.807, 2.05) is 27.7 Å². The van der Waals surface area contributed by atoms with Crippen LogP contribution in [0.25, 0.3) is 0 Å². The summed E-state index contributed by atoms with van der Waals surface area (Å²) in [4.78, 5) is 50.5. The normalized spacial score (nSPS) is 13.1. The topological polar surface area (TPSA) is 115 Å². The van der Waals surface area contributed by atoms with Gasteiger partial charge in [-0.3, -0.25) is 19.4 Å². The number of hydrogen-bond acceptors (Lipinski definition) is 4. The van der Waals surface area contributed by atoms with Gasteiger partial charge in [0.25, 0.3) is 0 Å². The number of aliphatic carboxylic acids is 2. The van der Waals surface area contributed by atoms with Crippen LogP contribution in [0.3, 0.4) is 0 Å². The number of benzene rings is 1. The van der Waals surface area contributed by atoms with E-state index in [0.29, 0.717) is 11.4 Å². The standard InChI is InChI=1S/C22H32N2O6/c1-13(2)11-19(21(27)28)23(15(5)25)17-7-9-18(10-8-17)24(16(6)26)20(22(29)30)12-14(3)4/h7-10,13-14,19-20H,11-12H2,1-6H3,(H,27,28)(H,29,30)/t19-,20-/m0/s1. The number of carboxylic acids is 2. The zero-order valence-corrected chi connectivity index (χ0v) is 18.5. The number of rotatable bonds is 10. The molecule has 0 radical (unpaired) electrons. The van der Waals surface area contributed by atoms with E-state index in [2.05, 4.69) is 0 Å². The summed E-state index contributed by atoms with van der Waals surface area (Å²) in [6.45, 7) is 10.1. The minimum absolute atomic E-state index is 0.0628. The molecule has 0 heterocycles. The van der Waals surface area contributed by atoms with E-state index in [9.17, 15) is 29.4 Å². The van der Waals surface area contributed by atoms with Crippen molar-refractivity contribution in [2.45, 2.75) is 66.5 Å². The lowest BCUT2D eigenvalue weighted by atomic mass is 10.0. The second-order valence-electron chi connectivity index (χ2n) is 8.26. The Balaban J connectivity index is 3.36. The largest absolute Gasteiger partial charge is 0.480 e.